The highest BCUT2D eigenvalue weighted by atomic mass is 16.4. The van der Waals surface area contributed by atoms with Crippen molar-refractivity contribution in [2.24, 2.45) is 0 Å². The summed E-state index contributed by atoms with van der Waals surface area (Å²) in [7, 11) is -1.52. The van der Waals surface area contributed by atoms with Gasteiger partial charge in [-0.3, -0.25) is 0 Å². The lowest BCUT2D eigenvalue weighted by molar-refractivity contribution is 0.426. The van der Waals surface area contributed by atoms with Crippen LogP contribution in [0.1, 0.15) is 0 Å². The first-order valence-electron chi connectivity index (χ1n) is 3.77. The zero-order valence-corrected chi connectivity index (χ0v) is 6.75. The Kier molecular flexibility index (Phi) is 1.71. The maximum absolute atomic E-state index is 8.99. The normalized spacial score (nSPS) is 10.6. The minimum absolute atomic E-state index is 0.346. The number of aromatic nitrogens is 2. The first-order chi connectivity index (χ1) is 6.18. The van der Waals surface area contributed by atoms with Crippen molar-refractivity contribution in [3.8, 4) is 0 Å². The number of nitrogens with zero attached hydrogens (tertiary/aromatic N) is 2. The van der Waals surface area contributed by atoms with Gasteiger partial charge in [0.2, 0.25) is 0 Å². The predicted molar refractivity (Wildman–Crippen MR) is 49.4 cm³/mol. The van der Waals surface area contributed by atoms with Crippen molar-refractivity contribution >= 4 is 24.0 Å². The largest absolute Gasteiger partial charge is 0.492 e. The lowest BCUT2D eigenvalue weighted by Crippen LogP contribution is -2.31. The summed E-state index contributed by atoms with van der Waals surface area (Å²) >= 11 is 0. The summed E-state index contributed by atoms with van der Waals surface area (Å²) in [5.41, 5.74) is 6.28. The van der Waals surface area contributed by atoms with Gasteiger partial charge in [-0.15, -0.1) is 0 Å². The number of hydrogen-bond acceptors (Lipinski definition) is 4. The van der Waals surface area contributed by atoms with E-state index in [-0.39, 0.29) is 0 Å². The van der Waals surface area contributed by atoms with E-state index in [4.69, 9.17) is 15.8 Å². The number of rotatable bonds is 1. The van der Waals surface area contributed by atoms with Crippen molar-refractivity contribution in [3.05, 3.63) is 24.5 Å². The molecular weight excluding hydrogens is 169 g/mol. The van der Waals surface area contributed by atoms with Crippen LogP contribution < -0.4 is 11.2 Å². The van der Waals surface area contributed by atoms with Crippen LogP contribution >= 0.6 is 0 Å². The molecule has 4 N–H and O–H groups in total. The van der Waals surface area contributed by atoms with Crippen molar-refractivity contribution in [3.63, 3.8) is 0 Å². The van der Waals surface area contributed by atoms with Gasteiger partial charge in [0.05, 0.1) is 6.20 Å². The van der Waals surface area contributed by atoms with Crippen molar-refractivity contribution in [1.82, 2.24) is 9.38 Å². The summed E-state index contributed by atoms with van der Waals surface area (Å²) in [5.74, 6) is 0.355. The number of anilines is 1. The molecule has 0 fully saturated rings. The SMILES string of the molecule is Nc1cn2cccc(B(O)O)c2n1. The third-order valence-electron chi connectivity index (χ3n) is 1.81. The van der Waals surface area contributed by atoms with Crippen LogP contribution in [0.25, 0.3) is 5.65 Å². The van der Waals surface area contributed by atoms with Crippen LogP contribution in [0.4, 0.5) is 5.82 Å². The molecule has 2 rings (SSSR count). The van der Waals surface area contributed by atoms with Crippen LogP contribution in [0.3, 0.4) is 0 Å². The molecule has 0 unspecified atom stereocenters. The van der Waals surface area contributed by atoms with Crippen molar-refractivity contribution in [2.75, 3.05) is 5.73 Å². The van der Waals surface area contributed by atoms with Gasteiger partial charge in [-0.2, -0.15) is 0 Å². The number of nitrogen functional groups attached to an aromatic ring is 1. The van der Waals surface area contributed by atoms with Crippen LogP contribution in [-0.4, -0.2) is 26.6 Å². The molecule has 2 aromatic heterocycles. The minimum atomic E-state index is -1.52. The zero-order chi connectivity index (χ0) is 9.42. The molecule has 0 aliphatic carbocycles. The Morgan fingerprint density at radius 2 is 2.23 bits per heavy atom. The molecule has 2 aromatic rings. The molecule has 0 aliphatic heterocycles. The lowest BCUT2D eigenvalue weighted by atomic mass is 9.81. The van der Waals surface area contributed by atoms with E-state index in [1.165, 1.54) is 0 Å². The van der Waals surface area contributed by atoms with E-state index in [9.17, 15) is 0 Å². The van der Waals surface area contributed by atoms with E-state index in [0.29, 0.717) is 16.9 Å². The van der Waals surface area contributed by atoms with Gasteiger partial charge in [-0.05, 0) is 6.07 Å². The van der Waals surface area contributed by atoms with E-state index in [0.717, 1.165) is 0 Å². The lowest BCUT2D eigenvalue weighted by Gasteiger charge is -2.00. The molecule has 13 heavy (non-hydrogen) atoms. The maximum Gasteiger partial charge on any atom is 0.492 e. The van der Waals surface area contributed by atoms with Crippen LogP contribution in [0.5, 0.6) is 0 Å². The van der Waals surface area contributed by atoms with Gasteiger partial charge >= 0.3 is 7.12 Å². The second-order valence-electron chi connectivity index (χ2n) is 2.73. The van der Waals surface area contributed by atoms with Gasteiger partial charge in [0.25, 0.3) is 0 Å². The number of nitrogens with two attached hydrogens (primary N) is 1. The number of imidazole rings is 1. The highest BCUT2D eigenvalue weighted by Gasteiger charge is 2.16. The Hall–Kier alpha value is -1.53. The number of fused-ring (bicyclic) bond motifs is 1. The summed E-state index contributed by atoms with van der Waals surface area (Å²) in [6.45, 7) is 0. The molecule has 0 aliphatic rings. The zero-order valence-electron chi connectivity index (χ0n) is 6.75. The molecule has 0 atom stereocenters. The third-order valence-corrected chi connectivity index (χ3v) is 1.81. The quantitative estimate of drug-likeness (QED) is 0.467. The summed E-state index contributed by atoms with van der Waals surface area (Å²) in [6, 6.07) is 3.29. The van der Waals surface area contributed by atoms with Crippen LogP contribution in [0, 0.1) is 0 Å². The summed E-state index contributed by atoms with van der Waals surface area (Å²) in [4.78, 5) is 3.96. The molecule has 2 heterocycles. The molecule has 0 saturated carbocycles. The van der Waals surface area contributed by atoms with E-state index >= 15 is 0 Å². The fourth-order valence-electron chi connectivity index (χ4n) is 1.26. The van der Waals surface area contributed by atoms with Gasteiger partial charge in [0.15, 0.2) is 0 Å². The second-order valence-corrected chi connectivity index (χ2v) is 2.73. The Balaban J connectivity index is 2.75. The Labute approximate surface area is 74.6 Å². The molecule has 0 aromatic carbocycles. The molecular formula is C7H8BN3O2. The van der Waals surface area contributed by atoms with Crippen molar-refractivity contribution in [1.29, 1.82) is 0 Å². The molecule has 0 amide bonds. The fraction of sp³-hybridized carbons (Fsp3) is 0. The molecule has 0 radical (unpaired) electrons. The van der Waals surface area contributed by atoms with E-state index < -0.39 is 7.12 Å². The smallest absolute Gasteiger partial charge is 0.423 e. The van der Waals surface area contributed by atoms with Crippen molar-refractivity contribution < 1.29 is 10.0 Å². The Bertz CT molecular complexity index is 440. The molecule has 0 spiro atoms. The van der Waals surface area contributed by atoms with E-state index in [1.54, 1.807) is 28.9 Å². The molecule has 0 saturated heterocycles. The van der Waals surface area contributed by atoms with E-state index in [2.05, 4.69) is 4.98 Å². The summed E-state index contributed by atoms with van der Waals surface area (Å²) in [6.07, 6.45) is 3.35. The molecule has 0 bridgehead atoms. The van der Waals surface area contributed by atoms with Crippen LogP contribution in [0.15, 0.2) is 24.5 Å². The van der Waals surface area contributed by atoms with Crippen molar-refractivity contribution in [2.45, 2.75) is 0 Å². The van der Waals surface area contributed by atoms with Gasteiger partial charge in [0, 0.05) is 11.7 Å². The Morgan fingerprint density at radius 3 is 2.92 bits per heavy atom. The third kappa shape index (κ3) is 1.26. The van der Waals surface area contributed by atoms with Gasteiger partial charge in [0.1, 0.15) is 11.5 Å². The fourth-order valence-corrected chi connectivity index (χ4v) is 1.26. The second kappa shape index (κ2) is 2.76. The monoisotopic (exact) mass is 177 g/mol. The minimum Gasteiger partial charge on any atom is -0.423 e. The average molecular weight is 177 g/mol. The summed E-state index contributed by atoms with van der Waals surface area (Å²) < 4.78 is 1.64. The molecule has 6 heteroatoms. The maximum atomic E-state index is 8.99. The molecule has 66 valence electrons. The van der Waals surface area contributed by atoms with Gasteiger partial charge < -0.3 is 20.2 Å². The highest BCUT2D eigenvalue weighted by Crippen LogP contribution is 2.03. The average Bonchev–Trinajstić information content (AvgIpc) is 2.43. The first kappa shape index (κ1) is 8.09. The van der Waals surface area contributed by atoms with E-state index in [1.807, 2.05) is 0 Å². The molecule has 5 nitrogen and oxygen atoms in total. The van der Waals surface area contributed by atoms with Gasteiger partial charge in [-0.25, -0.2) is 4.98 Å². The van der Waals surface area contributed by atoms with Crippen LogP contribution in [0.2, 0.25) is 0 Å². The predicted octanol–water partition coefficient (Wildman–Crippen LogP) is -1.40. The summed E-state index contributed by atoms with van der Waals surface area (Å²) in [5, 5.41) is 18.0. The Morgan fingerprint density at radius 1 is 1.46 bits per heavy atom. The van der Waals surface area contributed by atoms with Crippen LogP contribution in [-0.2, 0) is 0 Å². The number of pyridine rings is 1. The topological polar surface area (TPSA) is 83.8 Å². The first-order valence-corrected chi connectivity index (χ1v) is 3.77. The standard InChI is InChI=1S/C7H8BN3O2/c9-6-4-11-3-1-2-5(8(12)13)7(11)10-6/h1-4,12-13H,9H2. The highest BCUT2D eigenvalue weighted by molar-refractivity contribution is 6.60. The van der Waals surface area contributed by atoms with Gasteiger partial charge in [-0.1, -0.05) is 6.07 Å². The number of hydrogen-bond donors (Lipinski definition) is 3.